The molecular weight excluding hydrogens is 326 g/mol. The molecule has 134 valence electrons. The van der Waals surface area contributed by atoms with Gasteiger partial charge < -0.3 is 10.1 Å². The molecule has 0 saturated heterocycles. The smallest absolute Gasteiger partial charge is 0.258 e. The van der Waals surface area contributed by atoms with Gasteiger partial charge >= 0.3 is 0 Å². The molecule has 0 unspecified atom stereocenters. The molecular formula is C21H23N3O2. The number of para-hydroxylation sites is 1. The van der Waals surface area contributed by atoms with Gasteiger partial charge in [0.15, 0.2) is 0 Å². The van der Waals surface area contributed by atoms with Crippen LogP contribution in [0.5, 0.6) is 5.75 Å². The molecule has 1 fully saturated rings. The molecule has 2 N–H and O–H groups in total. The van der Waals surface area contributed by atoms with Gasteiger partial charge in [0.2, 0.25) is 0 Å². The highest BCUT2D eigenvalue weighted by molar-refractivity contribution is 5.77. The summed E-state index contributed by atoms with van der Waals surface area (Å²) < 4.78 is 0. The average molecular weight is 349 g/mol. The maximum absolute atomic E-state index is 12.2. The second kappa shape index (κ2) is 7.30. The first-order valence-electron chi connectivity index (χ1n) is 9.15. The Morgan fingerprint density at radius 3 is 2.81 bits per heavy atom. The van der Waals surface area contributed by atoms with Crippen LogP contribution < -0.4 is 5.56 Å². The third-order valence-corrected chi connectivity index (χ3v) is 4.86. The highest BCUT2D eigenvalue weighted by Gasteiger charge is 2.24. The summed E-state index contributed by atoms with van der Waals surface area (Å²) >= 11 is 0. The summed E-state index contributed by atoms with van der Waals surface area (Å²) in [7, 11) is 0. The molecule has 0 amide bonds. The fourth-order valence-electron chi connectivity index (χ4n) is 3.33. The van der Waals surface area contributed by atoms with Crippen molar-refractivity contribution in [2.75, 3.05) is 13.1 Å². The number of nitrogens with zero attached hydrogens (tertiary/aromatic N) is 2. The highest BCUT2D eigenvalue weighted by atomic mass is 16.3. The third kappa shape index (κ3) is 4.11. The Morgan fingerprint density at radius 1 is 1.15 bits per heavy atom. The van der Waals surface area contributed by atoms with Gasteiger partial charge in [-0.15, -0.1) is 0 Å². The van der Waals surface area contributed by atoms with E-state index in [-0.39, 0.29) is 5.56 Å². The van der Waals surface area contributed by atoms with Crippen molar-refractivity contribution in [2.45, 2.75) is 25.8 Å². The minimum absolute atomic E-state index is 0.0766. The fraction of sp³-hybridized carbons (Fsp3) is 0.333. The molecule has 0 atom stereocenters. The van der Waals surface area contributed by atoms with E-state index in [1.807, 2.05) is 36.4 Å². The molecule has 1 aromatic heterocycles. The SMILES string of the molecule is O=c1[nH]c(CCN(Cc2cccc(O)c2)CC2CC2)nc2ccccc12. The number of aromatic nitrogens is 2. The molecule has 0 aliphatic heterocycles. The number of phenolic OH excluding ortho intramolecular Hbond substituents is 1. The van der Waals surface area contributed by atoms with Gasteiger partial charge in [-0.2, -0.15) is 0 Å². The second-order valence-corrected chi connectivity index (χ2v) is 7.13. The Hall–Kier alpha value is -2.66. The van der Waals surface area contributed by atoms with E-state index in [1.54, 1.807) is 12.1 Å². The zero-order valence-electron chi connectivity index (χ0n) is 14.7. The molecule has 1 heterocycles. The van der Waals surface area contributed by atoms with Crippen molar-refractivity contribution >= 4 is 10.9 Å². The van der Waals surface area contributed by atoms with Crippen molar-refractivity contribution in [2.24, 2.45) is 5.92 Å². The summed E-state index contributed by atoms with van der Waals surface area (Å²) in [5.41, 5.74) is 1.77. The molecule has 5 nitrogen and oxygen atoms in total. The number of hydrogen-bond donors (Lipinski definition) is 2. The van der Waals surface area contributed by atoms with E-state index in [4.69, 9.17) is 0 Å². The fourth-order valence-corrected chi connectivity index (χ4v) is 3.33. The highest BCUT2D eigenvalue weighted by Crippen LogP contribution is 2.30. The Kier molecular flexibility index (Phi) is 4.71. The van der Waals surface area contributed by atoms with Crippen molar-refractivity contribution in [1.29, 1.82) is 0 Å². The van der Waals surface area contributed by atoms with E-state index in [1.165, 1.54) is 12.8 Å². The minimum atomic E-state index is -0.0766. The van der Waals surface area contributed by atoms with Crippen LogP contribution in [-0.2, 0) is 13.0 Å². The van der Waals surface area contributed by atoms with Crippen LogP contribution in [0.15, 0.2) is 53.3 Å². The largest absolute Gasteiger partial charge is 0.508 e. The van der Waals surface area contributed by atoms with Crippen molar-refractivity contribution in [1.82, 2.24) is 14.9 Å². The lowest BCUT2D eigenvalue weighted by Gasteiger charge is -2.22. The monoisotopic (exact) mass is 349 g/mol. The number of H-pyrrole nitrogens is 1. The van der Waals surface area contributed by atoms with Crippen LogP contribution in [0.2, 0.25) is 0 Å². The number of fused-ring (bicyclic) bond motifs is 1. The van der Waals surface area contributed by atoms with E-state index in [9.17, 15) is 9.90 Å². The van der Waals surface area contributed by atoms with Crippen LogP contribution in [0.3, 0.4) is 0 Å². The summed E-state index contributed by atoms with van der Waals surface area (Å²) in [5, 5.41) is 10.3. The molecule has 5 heteroatoms. The molecule has 4 rings (SSSR count). The lowest BCUT2D eigenvalue weighted by atomic mass is 10.2. The Bertz CT molecular complexity index is 963. The number of hydrogen-bond acceptors (Lipinski definition) is 4. The van der Waals surface area contributed by atoms with Crippen LogP contribution in [0.4, 0.5) is 0 Å². The first kappa shape index (κ1) is 16.8. The molecule has 26 heavy (non-hydrogen) atoms. The number of nitrogens with one attached hydrogen (secondary N) is 1. The molecule has 1 aliphatic rings. The van der Waals surface area contributed by atoms with Crippen LogP contribution in [0.25, 0.3) is 10.9 Å². The maximum atomic E-state index is 12.2. The zero-order chi connectivity index (χ0) is 17.9. The Labute approximate surface area is 152 Å². The predicted molar refractivity (Wildman–Crippen MR) is 102 cm³/mol. The van der Waals surface area contributed by atoms with Crippen molar-refractivity contribution in [3.8, 4) is 5.75 Å². The average Bonchev–Trinajstić information content (AvgIpc) is 3.44. The molecule has 1 aliphatic carbocycles. The summed E-state index contributed by atoms with van der Waals surface area (Å²) in [4.78, 5) is 22.1. The van der Waals surface area contributed by atoms with Crippen molar-refractivity contribution in [3.63, 3.8) is 0 Å². The van der Waals surface area contributed by atoms with Crippen LogP contribution in [-0.4, -0.2) is 33.1 Å². The first-order chi connectivity index (χ1) is 12.7. The van der Waals surface area contributed by atoms with Crippen LogP contribution >= 0.6 is 0 Å². The quantitative estimate of drug-likeness (QED) is 0.688. The van der Waals surface area contributed by atoms with Crippen LogP contribution in [0.1, 0.15) is 24.2 Å². The van der Waals surface area contributed by atoms with Gasteiger partial charge in [0.25, 0.3) is 5.56 Å². The van der Waals surface area contributed by atoms with Gasteiger partial charge in [0.05, 0.1) is 10.9 Å². The van der Waals surface area contributed by atoms with Gasteiger partial charge in [-0.3, -0.25) is 9.69 Å². The molecule has 0 spiro atoms. The van der Waals surface area contributed by atoms with Crippen LogP contribution in [0, 0.1) is 5.92 Å². The maximum Gasteiger partial charge on any atom is 0.258 e. The number of aromatic hydroxyl groups is 1. The number of rotatable bonds is 7. The summed E-state index contributed by atoms with van der Waals surface area (Å²) in [6, 6.07) is 14.9. The molecule has 3 aromatic rings. The van der Waals surface area contributed by atoms with E-state index in [0.717, 1.165) is 42.5 Å². The summed E-state index contributed by atoms with van der Waals surface area (Å²) in [5.74, 6) is 1.80. The summed E-state index contributed by atoms with van der Waals surface area (Å²) in [6.07, 6.45) is 3.29. The number of aromatic amines is 1. The van der Waals surface area contributed by atoms with E-state index >= 15 is 0 Å². The van der Waals surface area contributed by atoms with Crippen molar-refractivity contribution in [3.05, 3.63) is 70.3 Å². The topological polar surface area (TPSA) is 69.2 Å². The second-order valence-electron chi connectivity index (χ2n) is 7.13. The normalized spacial score (nSPS) is 14.2. The van der Waals surface area contributed by atoms with Gasteiger partial charge in [-0.25, -0.2) is 4.98 Å². The first-order valence-corrected chi connectivity index (χ1v) is 9.15. The molecule has 2 aromatic carbocycles. The standard InChI is InChI=1S/C21H23N3O2/c25-17-5-3-4-16(12-17)14-24(13-15-8-9-15)11-10-20-22-19-7-2-1-6-18(19)21(26)23-20/h1-7,12,15,25H,8-11,13-14H2,(H,22,23,26). The lowest BCUT2D eigenvalue weighted by Crippen LogP contribution is -2.29. The van der Waals surface area contributed by atoms with E-state index in [0.29, 0.717) is 17.6 Å². The Balaban J connectivity index is 1.48. The van der Waals surface area contributed by atoms with Gasteiger partial charge in [0, 0.05) is 26.1 Å². The lowest BCUT2D eigenvalue weighted by molar-refractivity contribution is 0.256. The third-order valence-electron chi connectivity index (χ3n) is 4.86. The van der Waals surface area contributed by atoms with E-state index in [2.05, 4.69) is 14.9 Å². The summed E-state index contributed by atoms with van der Waals surface area (Å²) in [6.45, 7) is 2.67. The van der Waals surface area contributed by atoms with Gasteiger partial charge in [-0.05, 0) is 48.6 Å². The predicted octanol–water partition coefficient (Wildman–Crippen LogP) is 3.08. The Morgan fingerprint density at radius 2 is 2.00 bits per heavy atom. The number of phenols is 1. The van der Waals surface area contributed by atoms with Gasteiger partial charge in [0.1, 0.15) is 11.6 Å². The van der Waals surface area contributed by atoms with Crippen molar-refractivity contribution < 1.29 is 5.11 Å². The number of benzene rings is 2. The molecule has 1 saturated carbocycles. The van der Waals surface area contributed by atoms with E-state index < -0.39 is 0 Å². The molecule has 0 radical (unpaired) electrons. The zero-order valence-corrected chi connectivity index (χ0v) is 14.7. The van der Waals surface area contributed by atoms with Gasteiger partial charge in [-0.1, -0.05) is 24.3 Å². The minimum Gasteiger partial charge on any atom is -0.508 e. The molecule has 0 bridgehead atoms.